The van der Waals surface area contributed by atoms with E-state index in [1.807, 2.05) is 19.1 Å². The van der Waals surface area contributed by atoms with Crippen LogP contribution in [0.15, 0.2) is 41.1 Å². The summed E-state index contributed by atoms with van der Waals surface area (Å²) in [5, 5.41) is 7.81. The topological polar surface area (TPSA) is 21.3 Å². The van der Waals surface area contributed by atoms with Crippen LogP contribution in [0.2, 0.25) is 0 Å². The van der Waals surface area contributed by atoms with Crippen LogP contribution < -0.4 is 10.1 Å². The van der Waals surface area contributed by atoms with Gasteiger partial charge < -0.3 is 10.1 Å². The van der Waals surface area contributed by atoms with Gasteiger partial charge in [0.2, 0.25) is 0 Å². The maximum absolute atomic E-state index is 5.66. The highest BCUT2D eigenvalue weighted by molar-refractivity contribution is 7.07. The molecule has 2 rings (SSSR count). The van der Waals surface area contributed by atoms with E-state index in [1.54, 1.807) is 11.3 Å². The molecule has 0 aliphatic carbocycles. The van der Waals surface area contributed by atoms with E-state index in [4.69, 9.17) is 4.74 Å². The average Bonchev–Trinajstić information content (AvgIpc) is 2.90. The van der Waals surface area contributed by atoms with Crippen LogP contribution in [-0.2, 0) is 6.54 Å². The molecule has 0 saturated heterocycles. The molecule has 96 valence electrons. The smallest absolute Gasteiger partial charge is 0.124 e. The molecule has 1 aromatic carbocycles. The highest BCUT2D eigenvalue weighted by Crippen LogP contribution is 2.25. The predicted molar refractivity (Wildman–Crippen MR) is 77.2 cm³/mol. The molecular formula is C15H19NOS. The van der Waals surface area contributed by atoms with Gasteiger partial charge in [0, 0.05) is 18.2 Å². The summed E-state index contributed by atoms with van der Waals surface area (Å²) in [6, 6.07) is 10.7. The van der Waals surface area contributed by atoms with E-state index in [9.17, 15) is 0 Å². The predicted octanol–water partition coefficient (Wildman–Crippen LogP) is 4.00. The van der Waals surface area contributed by atoms with Crippen molar-refractivity contribution in [2.75, 3.05) is 6.61 Å². The van der Waals surface area contributed by atoms with Gasteiger partial charge >= 0.3 is 0 Å². The molecule has 0 aliphatic rings. The molecule has 1 atom stereocenters. The molecule has 0 fully saturated rings. The molecule has 0 amide bonds. The third-order valence-corrected chi connectivity index (χ3v) is 3.61. The Bertz CT molecular complexity index is 467. The van der Waals surface area contributed by atoms with E-state index in [-0.39, 0.29) is 6.04 Å². The van der Waals surface area contributed by atoms with Gasteiger partial charge in [-0.3, -0.25) is 0 Å². The van der Waals surface area contributed by atoms with Crippen molar-refractivity contribution in [2.24, 2.45) is 0 Å². The fourth-order valence-corrected chi connectivity index (χ4v) is 2.57. The minimum atomic E-state index is 0.285. The average molecular weight is 261 g/mol. The number of hydrogen-bond acceptors (Lipinski definition) is 3. The van der Waals surface area contributed by atoms with Crippen molar-refractivity contribution < 1.29 is 4.74 Å². The van der Waals surface area contributed by atoms with Crippen molar-refractivity contribution in [2.45, 2.75) is 26.4 Å². The molecule has 1 N–H and O–H groups in total. The normalized spacial score (nSPS) is 12.3. The summed E-state index contributed by atoms with van der Waals surface area (Å²) in [7, 11) is 0. The molecule has 0 bridgehead atoms. The molecule has 3 heteroatoms. The Morgan fingerprint density at radius 3 is 2.83 bits per heavy atom. The first kappa shape index (κ1) is 13.1. The zero-order chi connectivity index (χ0) is 12.8. The van der Waals surface area contributed by atoms with E-state index >= 15 is 0 Å². The van der Waals surface area contributed by atoms with Crippen molar-refractivity contribution in [3.05, 3.63) is 52.2 Å². The SMILES string of the molecule is CCOc1ccccc1C(C)NCc1ccsc1. The van der Waals surface area contributed by atoms with Crippen LogP contribution >= 0.6 is 11.3 Å². The third-order valence-electron chi connectivity index (χ3n) is 2.88. The molecular weight excluding hydrogens is 242 g/mol. The largest absolute Gasteiger partial charge is 0.494 e. The quantitative estimate of drug-likeness (QED) is 0.848. The summed E-state index contributed by atoms with van der Waals surface area (Å²) in [5.74, 6) is 0.977. The van der Waals surface area contributed by atoms with Crippen LogP contribution in [0.4, 0.5) is 0 Å². The zero-order valence-electron chi connectivity index (χ0n) is 10.8. The first-order valence-corrected chi connectivity index (χ1v) is 7.21. The number of nitrogens with one attached hydrogen (secondary N) is 1. The second kappa shape index (κ2) is 6.57. The molecule has 2 nitrogen and oxygen atoms in total. The number of para-hydroxylation sites is 1. The van der Waals surface area contributed by atoms with Crippen molar-refractivity contribution in [3.63, 3.8) is 0 Å². The van der Waals surface area contributed by atoms with Crippen molar-refractivity contribution in [1.29, 1.82) is 0 Å². The number of thiophene rings is 1. The van der Waals surface area contributed by atoms with Gasteiger partial charge in [-0.15, -0.1) is 0 Å². The second-order valence-electron chi connectivity index (χ2n) is 4.21. The maximum atomic E-state index is 5.66. The van der Waals surface area contributed by atoms with Gasteiger partial charge in [-0.1, -0.05) is 18.2 Å². The summed E-state index contributed by atoms with van der Waals surface area (Å²) in [6.07, 6.45) is 0. The summed E-state index contributed by atoms with van der Waals surface area (Å²) >= 11 is 1.73. The molecule has 0 saturated carbocycles. The lowest BCUT2D eigenvalue weighted by atomic mass is 10.1. The van der Waals surface area contributed by atoms with E-state index in [0.29, 0.717) is 6.61 Å². The molecule has 1 aromatic heterocycles. The highest BCUT2D eigenvalue weighted by atomic mass is 32.1. The maximum Gasteiger partial charge on any atom is 0.124 e. The Morgan fingerprint density at radius 1 is 1.28 bits per heavy atom. The fourth-order valence-electron chi connectivity index (χ4n) is 1.90. The zero-order valence-corrected chi connectivity index (χ0v) is 11.7. The Balaban J connectivity index is 2.01. The van der Waals surface area contributed by atoms with Crippen LogP contribution in [0.3, 0.4) is 0 Å². The lowest BCUT2D eigenvalue weighted by molar-refractivity contribution is 0.332. The lowest BCUT2D eigenvalue weighted by Crippen LogP contribution is -2.18. The van der Waals surface area contributed by atoms with Gasteiger partial charge in [0.1, 0.15) is 5.75 Å². The van der Waals surface area contributed by atoms with Crippen LogP contribution in [0.25, 0.3) is 0 Å². The number of rotatable bonds is 6. The fraction of sp³-hybridized carbons (Fsp3) is 0.333. The minimum absolute atomic E-state index is 0.285. The molecule has 18 heavy (non-hydrogen) atoms. The molecule has 1 heterocycles. The first-order chi connectivity index (χ1) is 8.81. The van der Waals surface area contributed by atoms with Gasteiger partial charge in [-0.25, -0.2) is 0 Å². The van der Waals surface area contributed by atoms with E-state index in [0.717, 1.165) is 12.3 Å². The van der Waals surface area contributed by atoms with Gasteiger partial charge in [0.25, 0.3) is 0 Å². The molecule has 0 spiro atoms. The summed E-state index contributed by atoms with van der Waals surface area (Å²) in [4.78, 5) is 0. The summed E-state index contributed by atoms with van der Waals surface area (Å²) < 4.78 is 5.66. The first-order valence-electron chi connectivity index (χ1n) is 6.27. The van der Waals surface area contributed by atoms with Crippen molar-refractivity contribution >= 4 is 11.3 Å². The summed E-state index contributed by atoms with van der Waals surface area (Å²) in [6.45, 7) is 5.78. The van der Waals surface area contributed by atoms with E-state index < -0.39 is 0 Å². The highest BCUT2D eigenvalue weighted by Gasteiger charge is 2.10. The second-order valence-corrected chi connectivity index (χ2v) is 4.99. The number of ether oxygens (including phenoxy) is 1. The van der Waals surface area contributed by atoms with Crippen LogP contribution in [-0.4, -0.2) is 6.61 Å². The van der Waals surface area contributed by atoms with Crippen molar-refractivity contribution in [3.8, 4) is 5.75 Å². The molecule has 0 radical (unpaired) electrons. The van der Waals surface area contributed by atoms with Crippen molar-refractivity contribution in [1.82, 2.24) is 5.32 Å². The summed E-state index contributed by atoms with van der Waals surface area (Å²) in [5.41, 5.74) is 2.55. The van der Waals surface area contributed by atoms with Crippen LogP contribution in [0.1, 0.15) is 31.0 Å². The van der Waals surface area contributed by atoms with Gasteiger partial charge in [-0.05, 0) is 42.3 Å². The lowest BCUT2D eigenvalue weighted by Gasteiger charge is -2.17. The minimum Gasteiger partial charge on any atom is -0.494 e. The monoisotopic (exact) mass is 261 g/mol. The van der Waals surface area contributed by atoms with Gasteiger partial charge in [0.15, 0.2) is 0 Å². The Kier molecular flexibility index (Phi) is 4.79. The number of hydrogen-bond donors (Lipinski definition) is 1. The van der Waals surface area contributed by atoms with E-state index in [1.165, 1.54) is 11.1 Å². The molecule has 0 aliphatic heterocycles. The van der Waals surface area contributed by atoms with Crippen LogP contribution in [0.5, 0.6) is 5.75 Å². The Labute approximate surface area is 113 Å². The third kappa shape index (κ3) is 3.34. The Hall–Kier alpha value is -1.32. The Morgan fingerprint density at radius 2 is 2.11 bits per heavy atom. The van der Waals surface area contributed by atoms with Crippen LogP contribution in [0, 0.1) is 0 Å². The standard InChI is InChI=1S/C15H19NOS/c1-3-17-15-7-5-4-6-14(15)12(2)16-10-13-8-9-18-11-13/h4-9,11-12,16H,3,10H2,1-2H3. The number of benzene rings is 1. The van der Waals surface area contributed by atoms with Gasteiger partial charge in [-0.2, -0.15) is 11.3 Å². The molecule has 1 unspecified atom stereocenters. The van der Waals surface area contributed by atoms with E-state index in [2.05, 4.69) is 41.2 Å². The molecule has 2 aromatic rings. The van der Waals surface area contributed by atoms with Gasteiger partial charge in [0.05, 0.1) is 6.61 Å².